The molecule has 0 bridgehead atoms. The van der Waals surface area contributed by atoms with Gasteiger partial charge in [0.15, 0.2) is 0 Å². The number of rotatable bonds is 3. The Morgan fingerprint density at radius 3 is 1.06 bits per heavy atom. The van der Waals surface area contributed by atoms with Crippen LogP contribution in [0.5, 0.6) is 0 Å². The van der Waals surface area contributed by atoms with Gasteiger partial charge in [0.05, 0.1) is 0 Å². The van der Waals surface area contributed by atoms with Crippen LogP contribution >= 0.6 is 35.3 Å². The molecular formula is C15H18S3. The Balaban J connectivity index is 1.83. The third-order valence-electron chi connectivity index (χ3n) is 4.50. The van der Waals surface area contributed by atoms with Crippen molar-refractivity contribution < 1.29 is 0 Å². The lowest BCUT2D eigenvalue weighted by molar-refractivity contribution is 0.819. The summed E-state index contributed by atoms with van der Waals surface area (Å²) in [5.74, 6) is 3.89. The summed E-state index contributed by atoms with van der Waals surface area (Å²) >= 11 is 6.27. The molecule has 3 aliphatic rings. The van der Waals surface area contributed by atoms with Crippen molar-refractivity contribution in [2.75, 3.05) is 17.3 Å². The second kappa shape index (κ2) is 3.48. The molecule has 4 rings (SSSR count). The van der Waals surface area contributed by atoms with E-state index >= 15 is 0 Å². The second-order valence-corrected chi connectivity index (χ2v) is 10.8. The largest absolute Gasteiger partial charge is 0.148 e. The summed E-state index contributed by atoms with van der Waals surface area (Å²) < 4.78 is 1.24. The average Bonchev–Trinajstić information content (AvgIpc) is 3.21. The Bertz CT molecular complexity index is 434. The molecule has 3 unspecified atom stereocenters. The van der Waals surface area contributed by atoms with Gasteiger partial charge in [-0.15, -0.1) is 35.3 Å². The highest BCUT2D eigenvalue weighted by molar-refractivity contribution is 8.07. The van der Waals surface area contributed by atoms with Crippen molar-refractivity contribution in [2.45, 2.75) is 35.0 Å². The quantitative estimate of drug-likeness (QED) is 0.749. The molecule has 18 heavy (non-hydrogen) atoms. The molecule has 0 saturated carbocycles. The summed E-state index contributed by atoms with van der Waals surface area (Å²) in [5, 5.41) is 0. The highest BCUT2D eigenvalue weighted by Gasteiger charge is 2.47. The molecule has 0 N–H and O–H groups in total. The molecule has 0 amide bonds. The molecule has 1 aromatic rings. The van der Waals surface area contributed by atoms with Crippen LogP contribution in [0.3, 0.4) is 0 Å². The highest BCUT2D eigenvalue weighted by atomic mass is 32.2. The van der Waals surface area contributed by atoms with Crippen molar-refractivity contribution in [2.24, 2.45) is 0 Å². The predicted molar refractivity (Wildman–Crippen MR) is 85.9 cm³/mol. The lowest BCUT2D eigenvalue weighted by atomic mass is 9.89. The number of benzene rings is 1. The van der Waals surface area contributed by atoms with Crippen LogP contribution in [0.4, 0.5) is 0 Å². The molecule has 3 aliphatic heterocycles. The lowest BCUT2D eigenvalue weighted by Gasteiger charge is -2.18. The van der Waals surface area contributed by atoms with Crippen LogP contribution in [0.15, 0.2) is 18.2 Å². The van der Waals surface area contributed by atoms with Gasteiger partial charge < -0.3 is 0 Å². The second-order valence-electron chi connectivity index (χ2n) is 6.36. The summed E-state index contributed by atoms with van der Waals surface area (Å²) in [6.07, 6.45) is 0. The first-order chi connectivity index (χ1) is 8.44. The van der Waals surface area contributed by atoms with Crippen molar-refractivity contribution in [3.8, 4) is 0 Å². The minimum Gasteiger partial charge on any atom is -0.148 e. The minimum absolute atomic E-state index is 0.413. The lowest BCUT2D eigenvalue weighted by Crippen LogP contribution is -2.11. The SMILES string of the molecule is CC1(c2cc(C3(C)CS3)cc(C3(C)CS3)c2)CS1. The molecule has 3 fully saturated rings. The van der Waals surface area contributed by atoms with Gasteiger partial charge in [-0.3, -0.25) is 0 Å². The Morgan fingerprint density at radius 2 is 0.889 bits per heavy atom. The summed E-state index contributed by atoms with van der Waals surface area (Å²) in [6.45, 7) is 7.18. The molecule has 3 saturated heterocycles. The van der Waals surface area contributed by atoms with Crippen molar-refractivity contribution in [1.82, 2.24) is 0 Å². The van der Waals surface area contributed by atoms with E-state index in [1.54, 1.807) is 16.7 Å². The van der Waals surface area contributed by atoms with Gasteiger partial charge in [-0.05, 0) is 37.5 Å². The standard InChI is InChI=1S/C15H18S3/c1-13(7-16-13)10-4-11(14(2)8-17-14)6-12(5-10)15(3)9-18-15/h4-6H,7-9H2,1-3H3. The predicted octanol–water partition coefficient (Wildman–Crippen LogP) is 4.57. The van der Waals surface area contributed by atoms with E-state index in [9.17, 15) is 0 Å². The average molecular weight is 295 g/mol. The normalized spacial score (nSPS) is 44.8. The van der Waals surface area contributed by atoms with Crippen LogP contribution in [0.25, 0.3) is 0 Å². The van der Waals surface area contributed by atoms with Crippen molar-refractivity contribution >= 4 is 35.3 Å². The molecule has 3 heteroatoms. The monoisotopic (exact) mass is 294 g/mol. The molecule has 0 radical (unpaired) electrons. The summed E-state index contributed by atoms with van der Waals surface area (Å²) in [7, 11) is 0. The summed E-state index contributed by atoms with van der Waals surface area (Å²) in [5.41, 5.74) is 4.72. The van der Waals surface area contributed by atoms with Crippen LogP contribution in [0, 0.1) is 0 Å². The summed E-state index contributed by atoms with van der Waals surface area (Å²) in [6, 6.07) is 7.46. The van der Waals surface area contributed by atoms with Crippen LogP contribution in [-0.4, -0.2) is 17.3 Å². The third-order valence-corrected chi connectivity index (χ3v) is 8.67. The highest BCUT2D eigenvalue weighted by Crippen LogP contribution is 2.60. The topological polar surface area (TPSA) is 0 Å². The van der Waals surface area contributed by atoms with E-state index < -0.39 is 0 Å². The molecule has 0 spiro atoms. The fraction of sp³-hybridized carbons (Fsp3) is 0.600. The van der Waals surface area contributed by atoms with Gasteiger partial charge in [-0.2, -0.15) is 0 Å². The molecule has 3 heterocycles. The third kappa shape index (κ3) is 1.85. The van der Waals surface area contributed by atoms with Crippen LogP contribution < -0.4 is 0 Å². The Morgan fingerprint density at radius 1 is 0.667 bits per heavy atom. The van der Waals surface area contributed by atoms with Gasteiger partial charge in [0.25, 0.3) is 0 Å². The maximum atomic E-state index is 2.49. The smallest absolute Gasteiger partial charge is 0.0471 e. The van der Waals surface area contributed by atoms with E-state index in [1.807, 2.05) is 0 Å². The zero-order valence-corrected chi connectivity index (χ0v) is 13.5. The minimum atomic E-state index is 0.413. The van der Waals surface area contributed by atoms with Gasteiger partial charge in [-0.25, -0.2) is 0 Å². The maximum absolute atomic E-state index is 2.49. The van der Waals surface area contributed by atoms with E-state index in [0.717, 1.165) is 0 Å². The van der Waals surface area contributed by atoms with Gasteiger partial charge in [0, 0.05) is 31.5 Å². The number of hydrogen-bond donors (Lipinski definition) is 0. The Hall–Kier alpha value is 0.270. The first-order valence-electron chi connectivity index (χ1n) is 6.52. The van der Waals surface area contributed by atoms with Crippen molar-refractivity contribution in [3.63, 3.8) is 0 Å². The fourth-order valence-electron chi connectivity index (χ4n) is 2.37. The molecule has 1 aromatic carbocycles. The van der Waals surface area contributed by atoms with Gasteiger partial charge >= 0.3 is 0 Å². The maximum Gasteiger partial charge on any atom is 0.0471 e. The molecule has 96 valence electrons. The molecule has 0 aliphatic carbocycles. The zero-order valence-electron chi connectivity index (χ0n) is 11.1. The van der Waals surface area contributed by atoms with E-state index in [2.05, 4.69) is 74.3 Å². The Kier molecular flexibility index (Phi) is 2.33. The first kappa shape index (κ1) is 12.0. The van der Waals surface area contributed by atoms with Crippen LogP contribution in [0.2, 0.25) is 0 Å². The van der Waals surface area contributed by atoms with Crippen molar-refractivity contribution in [1.29, 1.82) is 0 Å². The van der Waals surface area contributed by atoms with Gasteiger partial charge in [0.2, 0.25) is 0 Å². The molecular weight excluding hydrogens is 276 g/mol. The van der Waals surface area contributed by atoms with Gasteiger partial charge in [-0.1, -0.05) is 18.2 Å². The van der Waals surface area contributed by atoms with E-state index in [-0.39, 0.29) is 0 Å². The van der Waals surface area contributed by atoms with Crippen LogP contribution in [0.1, 0.15) is 37.5 Å². The van der Waals surface area contributed by atoms with Crippen molar-refractivity contribution in [3.05, 3.63) is 34.9 Å². The van der Waals surface area contributed by atoms with E-state index in [1.165, 1.54) is 17.3 Å². The molecule has 0 nitrogen and oxygen atoms in total. The molecule has 3 atom stereocenters. The zero-order chi connectivity index (χ0) is 12.6. The first-order valence-corrected chi connectivity index (χ1v) is 9.48. The number of thioether (sulfide) groups is 3. The fourth-order valence-corrected chi connectivity index (χ4v) is 4.37. The Labute approximate surface area is 122 Å². The molecule has 0 aromatic heterocycles. The van der Waals surface area contributed by atoms with E-state index in [0.29, 0.717) is 14.2 Å². The van der Waals surface area contributed by atoms with Gasteiger partial charge in [0.1, 0.15) is 0 Å². The van der Waals surface area contributed by atoms with Crippen LogP contribution in [-0.2, 0) is 14.2 Å². The summed E-state index contributed by atoms with van der Waals surface area (Å²) in [4.78, 5) is 0. The number of hydrogen-bond acceptors (Lipinski definition) is 3. The van der Waals surface area contributed by atoms with E-state index in [4.69, 9.17) is 0 Å².